The van der Waals surface area contributed by atoms with Gasteiger partial charge in [0.2, 0.25) is 0 Å². The smallest absolute Gasteiger partial charge is 0.163 e. The molecule has 0 spiro atoms. The Labute approximate surface area is 95.1 Å². The molecule has 15 heavy (non-hydrogen) atoms. The number of carbonyl (C=O) groups is 1. The predicted octanol–water partition coefficient (Wildman–Crippen LogP) is 3.08. The molecule has 1 aliphatic carbocycles. The molecule has 0 saturated carbocycles. The molecule has 1 saturated heterocycles. The average Bonchev–Trinajstić information content (AvgIpc) is 2.17. The second-order valence-electron chi connectivity index (χ2n) is 4.65. The van der Waals surface area contributed by atoms with Crippen LogP contribution < -0.4 is 0 Å². The molecule has 0 amide bonds. The zero-order chi connectivity index (χ0) is 10.8. The number of Topliss-reactive ketones (excluding diaryl/α,β-unsaturated/α-hetero) is 1. The molecule has 0 aromatic heterocycles. The number of allylic oxidation sites excluding steroid dienone is 1. The van der Waals surface area contributed by atoms with Gasteiger partial charge in [0.15, 0.2) is 5.78 Å². The number of ketones is 1. The Morgan fingerprint density at radius 3 is 2.73 bits per heavy atom. The molecule has 1 aliphatic heterocycles. The maximum absolute atomic E-state index is 11.9. The van der Waals surface area contributed by atoms with Gasteiger partial charge in [-0.2, -0.15) is 11.8 Å². The normalized spacial score (nSPS) is 33.3. The van der Waals surface area contributed by atoms with Gasteiger partial charge in [-0.3, -0.25) is 4.79 Å². The molecule has 0 bridgehead atoms. The SMILES string of the molecule is CC1CC(=O)C(C2CCCCS2)=C(O)C1. The van der Waals surface area contributed by atoms with E-state index in [9.17, 15) is 9.90 Å². The third kappa shape index (κ3) is 2.39. The lowest BCUT2D eigenvalue weighted by atomic mass is 9.86. The van der Waals surface area contributed by atoms with Crippen molar-refractivity contribution in [3.05, 3.63) is 11.3 Å². The largest absolute Gasteiger partial charge is 0.512 e. The number of thioether (sulfide) groups is 1. The van der Waals surface area contributed by atoms with Crippen LogP contribution in [0.5, 0.6) is 0 Å². The molecular formula is C12H18O2S. The number of aliphatic hydroxyl groups excluding tert-OH is 1. The number of aliphatic hydroxyl groups is 1. The summed E-state index contributed by atoms with van der Waals surface area (Å²) in [4.78, 5) is 11.9. The van der Waals surface area contributed by atoms with Crippen LogP contribution in [-0.2, 0) is 4.79 Å². The quantitative estimate of drug-likeness (QED) is 0.746. The van der Waals surface area contributed by atoms with Gasteiger partial charge < -0.3 is 5.11 Å². The predicted molar refractivity (Wildman–Crippen MR) is 63.2 cm³/mol. The van der Waals surface area contributed by atoms with Crippen molar-refractivity contribution in [2.75, 3.05) is 5.75 Å². The van der Waals surface area contributed by atoms with E-state index in [-0.39, 0.29) is 11.0 Å². The fourth-order valence-corrected chi connectivity index (χ4v) is 3.86. The Hall–Kier alpha value is -0.440. The van der Waals surface area contributed by atoms with Gasteiger partial charge >= 0.3 is 0 Å². The number of rotatable bonds is 1. The topological polar surface area (TPSA) is 37.3 Å². The lowest BCUT2D eigenvalue weighted by Crippen LogP contribution is -2.26. The Kier molecular flexibility index (Phi) is 3.39. The van der Waals surface area contributed by atoms with Crippen molar-refractivity contribution in [2.45, 2.75) is 44.3 Å². The van der Waals surface area contributed by atoms with Crippen LogP contribution in [0.2, 0.25) is 0 Å². The molecule has 3 heteroatoms. The summed E-state index contributed by atoms with van der Waals surface area (Å²) in [5.41, 5.74) is 0.748. The summed E-state index contributed by atoms with van der Waals surface area (Å²) in [6.45, 7) is 2.03. The Balaban J connectivity index is 2.17. The average molecular weight is 226 g/mol. The standard InChI is InChI=1S/C12H18O2S/c1-8-6-9(13)12(10(14)7-8)11-4-2-3-5-15-11/h8,11,13H,2-7H2,1H3. The van der Waals surface area contributed by atoms with Crippen LogP contribution in [-0.4, -0.2) is 21.9 Å². The highest BCUT2D eigenvalue weighted by atomic mass is 32.2. The molecule has 0 radical (unpaired) electrons. The van der Waals surface area contributed by atoms with E-state index in [1.807, 2.05) is 18.7 Å². The van der Waals surface area contributed by atoms with Crippen LogP contribution >= 0.6 is 11.8 Å². The third-order valence-corrected chi connectivity index (χ3v) is 4.59. The first-order valence-corrected chi connectivity index (χ1v) is 6.80. The molecule has 2 nitrogen and oxygen atoms in total. The summed E-state index contributed by atoms with van der Waals surface area (Å²) in [6.07, 6.45) is 4.82. The summed E-state index contributed by atoms with van der Waals surface area (Å²) < 4.78 is 0. The molecule has 1 N–H and O–H groups in total. The van der Waals surface area contributed by atoms with Gasteiger partial charge in [0.25, 0.3) is 0 Å². The first kappa shape index (κ1) is 11.1. The minimum atomic E-state index is 0.186. The van der Waals surface area contributed by atoms with E-state index in [4.69, 9.17) is 0 Å². The van der Waals surface area contributed by atoms with Crippen molar-refractivity contribution < 1.29 is 9.90 Å². The van der Waals surface area contributed by atoms with Gasteiger partial charge in [0.05, 0.1) is 0 Å². The summed E-state index contributed by atoms with van der Waals surface area (Å²) in [7, 11) is 0. The second kappa shape index (κ2) is 4.60. The Morgan fingerprint density at radius 1 is 1.33 bits per heavy atom. The molecule has 1 fully saturated rings. The van der Waals surface area contributed by atoms with Gasteiger partial charge in [-0.1, -0.05) is 13.3 Å². The third-order valence-electron chi connectivity index (χ3n) is 3.19. The molecular weight excluding hydrogens is 208 g/mol. The highest BCUT2D eigenvalue weighted by Crippen LogP contribution is 2.36. The van der Waals surface area contributed by atoms with E-state index >= 15 is 0 Å². The van der Waals surface area contributed by atoms with E-state index in [1.54, 1.807) is 0 Å². The minimum absolute atomic E-state index is 0.186. The van der Waals surface area contributed by atoms with Gasteiger partial charge in [-0.25, -0.2) is 0 Å². The maximum atomic E-state index is 11.9. The van der Waals surface area contributed by atoms with E-state index in [1.165, 1.54) is 12.8 Å². The molecule has 1 heterocycles. The van der Waals surface area contributed by atoms with Crippen LogP contribution in [0, 0.1) is 5.92 Å². The van der Waals surface area contributed by atoms with Crippen LogP contribution in [0.1, 0.15) is 39.0 Å². The maximum Gasteiger partial charge on any atom is 0.163 e. The second-order valence-corrected chi connectivity index (χ2v) is 5.96. The number of hydrogen-bond acceptors (Lipinski definition) is 3. The summed E-state index contributed by atoms with van der Waals surface area (Å²) >= 11 is 1.84. The van der Waals surface area contributed by atoms with Crippen LogP contribution in [0.15, 0.2) is 11.3 Å². The summed E-state index contributed by atoms with van der Waals surface area (Å²) in [5, 5.41) is 10.2. The molecule has 2 atom stereocenters. The monoisotopic (exact) mass is 226 g/mol. The van der Waals surface area contributed by atoms with E-state index in [0.717, 1.165) is 17.7 Å². The number of hydrogen-bond donors (Lipinski definition) is 1. The number of carbonyl (C=O) groups excluding carboxylic acids is 1. The van der Waals surface area contributed by atoms with Gasteiger partial charge in [0.1, 0.15) is 5.76 Å². The molecule has 2 unspecified atom stereocenters. The summed E-state index contributed by atoms with van der Waals surface area (Å²) in [6, 6.07) is 0. The molecule has 0 aromatic carbocycles. The van der Waals surface area contributed by atoms with Crippen molar-refractivity contribution in [3.63, 3.8) is 0 Å². The molecule has 2 rings (SSSR count). The minimum Gasteiger partial charge on any atom is -0.512 e. The summed E-state index contributed by atoms with van der Waals surface area (Å²) in [5.74, 6) is 2.00. The molecule has 84 valence electrons. The van der Waals surface area contributed by atoms with Crippen molar-refractivity contribution >= 4 is 17.5 Å². The first-order valence-electron chi connectivity index (χ1n) is 5.75. The van der Waals surface area contributed by atoms with Gasteiger partial charge in [-0.05, 0) is 24.5 Å². The van der Waals surface area contributed by atoms with E-state index in [0.29, 0.717) is 24.5 Å². The van der Waals surface area contributed by atoms with Crippen LogP contribution in [0.4, 0.5) is 0 Å². The zero-order valence-corrected chi connectivity index (χ0v) is 9.98. The molecule has 0 aromatic rings. The van der Waals surface area contributed by atoms with Crippen molar-refractivity contribution in [1.29, 1.82) is 0 Å². The fraction of sp³-hybridized carbons (Fsp3) is 0.750. The Bertz CT molecular complexity index is 290. The molecule has 2 aliphatic rings. The van der Waals surface area contributed by atoms with Gasteiger partial charge in [-0.15, -0.1) is 0 Å². The zero-order valence-electron chi connectivity index (χ0n) is 9.16. The Morgan fingerprint density at radius 2 is 2.13 bits per heavy atom. The lowest BCUT2D eigenvalue weighted by molar-refractivity contribution is -0.117. The van der Waals surface area contributed by atoms with Gasteiger partial charge in [0, 0.05) is 23.7 Å². The highest BCUT2D eigenvalue weighted by molar-refractivity contribution is 8.00. The van der Waals surface area contributed by atoms with Crippen molar-refractivity contribution in [2.24, 2.45) is 5.92 Å². The van der Waals surface area contributed by atoms with Crippen molar-refractivity contribution in [1.82, 2.24) is 0 Å². The first-order chi connectivity index (χ1) is 7.18. The fourth-order valence-electron chi connectivity index (χ4n) is 2.43. The van der Waals surface area contributed by atoms with E-state index in [2.05, 4.69) is 0 Å². The van der Waals surface area contributed by atoms with Crippen LogP contribution in [0.25, 0.3) is 0 Å². The van der Waals surface area contributed by atoms with E-state index < -0.39 is 0 Å². The van der Waals surface area contributed by atoms with Crippen molar-refractivity contribution in [3.8, 4) is 0 Å². The lowest BCUT2D eigenvalue weighted by Gasteiger charge is -2.28. The highest BCUT2D eigenvalue weighted by Gasteiger charge is 2.31. The van der Waals surface area contributed by atoms with Crippen LogP contribution in [0.3, 0.4) is 0 Å².